The molecule has 20 heavy (non-hydrogen) atoms. The Morgan fingerprint density at radius 1 is 1.45 bits per heavy atom. The van der Waals surface area contributed by atoms with Gasteiger partial charge in [0.2, 0.25) is 11.8 Å². The van der Waals surface area contributed by atoms with E-state index in [4.69, 9.17) is 9.15 Å². The van der Waals surface area contributed by atoms with Crippen LogP contribution in [-0.2, 0) is 4.74 Å². The highest BCUT2D eigenvalue weighted by Crippen LogP contribution is 2.19. The summed E-state index contributed by atoms with van der Waals surface area (Å²) in [7, 11) is 0. The molecular formula is C14H16N2O3S. The zero-order valence-electron chi connectivity index (χ0n) is 11.6. The van der Waals surface area contributed by atoms with Gasteiger partial charge < -0.3 is 9.15 Å². The first-order valence-electron chi connectivity index (χ1n) is 6.20. The summed E-state index contributed by atoms with van der Waals surface area (Å²) >= 11 is 1.64. The lowest BCUT2D eigenvalue weighted by Crippen LogP contribution is -2.17. The Balaban J connectivity index is 2.15. The fourth-order valence-electron chi connectivity index (χ4n) is 1.71. The van der Waals surface area contributed by atoms with Crippen LogP contribution in [0.2, 0.25) is 0 Å². The lowest BCUT2D eigenvalue weighted by molar-refractivity contribution is 0.0386. The Kier molecular flexibility index (Phi) is 4.79. The molecule has 0 aliphatic carbocycles. The van der Waals surface area contributed by atoms with Crippen molar-refractivity contribution in [1.82, 2.24) is 10.2 Å². The second-order valence-corrected chi connectivity index (χ2v) is 5.29. The summed E-state index contributed by atoms with van der Waals surface area (Å²) in [4.78, 5) is 12.0. The summed E-state index contributed by atoms with van der Waals surface area (Å²) < 4.78 is 10.7. The van der Waals surface area contributed by atoms with E-state index >= 15 is 0 Å². The zero-order valence-corrected chi connectivity index (χ0v) is 12.4. The van der Waals surface area contributed by atoms with Crippen LogP contribution < -0.4 is 0 Å². The maximum Gasteiger partial charge on any atom is 0.338 e. The Bertz CT molecular complexity index is 598. The van der Waals surface area contributed by atoms with E-state index in [0.29, 0.717) is 22.9 Å². The largest absolute Gasteiger partial charge is 0.458 e. The standard InChI is InChI=1S/C14H16N2O3S/c1-9(8-20-3)18-14(17)12-6-4-5-11(7-12)13-16-15-10(2)19-13/h4-7,9H,8H2,1-3H3/t9-/m0/s1. The number of carbonyl (C=O) groups is 1. The second kappa shape index (κ2) is 6.56. The highest BCUT2D eigenvalue weighted by atomic mass is 32.2. The van der Waals surface area contributed by atoms with E-state index in [1.165, 1.54) is 0 Å². The van der Waals surface area contributed by atoms with E-state index in [9.17, 15) is 4.79 Å². The molecule has 0 unspecified atom stereocenters. The lowest BCUT2D eigenvalue weighted by atomic mass is 10.1. The molecular weight excluding hydrogens is 276 g/mol. The molecule has 1 aromatic carbocycles. The number of hydrogen-bond donors (Lipinski definition) is 0. The van der Waals surface area contributed by atoms with E-state index in [1.54, 1.807) is 36.9 Å². The maximum atomic E-state index is 12.0. The van der Waals surface area contributed by atoms with Crippen molar-refractivity contribution in [1.29, 1.82) is 0 Å². The summed E-state index contributed by atoms with van der Waals surface area (Å²) in [6.45, 7) is 3.60. The third kappa shape index (κ3) is 3.60. The van der Waals surface area contributed by atoms with Gasteiger partial charge in [-0.2, -0.15) is 11.8 Å². The Morgan fingerprint density at radius 2 is 2.25 bits per heavy atom. The van der Waals surface area contributed by atoms with E-state index in [2.05, 4.69) is 10.2 Å². The number of hydrogen-bond acceptors (Lipinski definition) is 6. The van der Waals surface area contributed by atoms with Crippen LogP contribution >= 0.6 is 11.8 Å². The third-order valence-electron chi connectivity index (χ3n) is 2.58. The van der Waals surface area contributed by atoms with Crippen molar-refractivity contribution in [3.8, 4) is 11.5 Å². The Labute approximate surface area is 121 Å². The fourth-order valence-corrected chi connectivity index (χ4v) is 2.25. The number of esters is 1. The van der Waals surface area contributed by atoms with Crippen LogP contribution in [0.1, 0.15) is 23.2 Å². The van der Waals surface area contributed by atoms with Gasteiger partial charge in [-0.25, -0.2) is 4.79 Å². The first-order valence-corrected chi connectivity index (χ1v) is 7.60. The summed E-state index contributed by atoms with van der Waals surface area (Å²) in [5, 5.41) is 7.71. The number of benzene rings is 1. The van der Waals surface area contributed by atoms with Gasteiger partial charge in [-0.3, -0.25) is 0 Å². The molecule has 1 atom stereocenters. The number of aromatic nitrogens is 2. The van der Waals surface area contributed by atoms with Crippen LogP contribution in [0.5, 0.6) is 0 Å². The van der Waals surface area contributed by atoms with Crippen molar-refractivity contribution in [2.45, 2.75) is 20.0 Å². The van der Waals surface area contributed by atoms with Gasteiger partial charge in [0.25, 0.3) is 0 Å². The van der Waals surface area contributed by atoms with Gasteiger partial charge in [-0.05, 0) is 31.4 Å². The normalized spacial score (nSPS) is 12.2. The van der Waals surface area contributed by atoms with Crippen molar-refractivity contribution in [2.75, 3.05) is 12.0 Å². The Morgan fingerprint density at radius 3 is 2.90 bits per heavy atom. The summed E-state index contributed by atoms with van der Waals surface area (Å²) in [6, 6.07) is 6.99. The number of thioether (sulfide) groups is 1. The average Bonchev–Trinajstić information content (AvgIpc) is 2.86. The molecule has 2 rings (SSSR count). The van der Waals surface area contributed by atoms with Gasteiger partial charge in [0.15, 0.2) is 0 Å². The molecule has 6 heteroatoms. The van der Waals surface area contributed by atoms with E-state index in [0.717, 1.165) is 5.75 Å². The molecule has 0 saturated heterocycles. The van der Waals surface area contributed by atoms with Crippen LogP contribution in [0.3, 0.4) is 0 Å². The maximum absolute atomic E-state index is 12.0. The predicted molar refractivity (Wildman–Crippen MR) is 77.7 cm³/mol. The van der Waals surface area contributed by atoms with Gasteiger partial charge in [0.1, 0.15) is 6.10 Å². The topological polar surface area (TPSA) is 65.2 Å². The summed E-state index contributed by atoms with van der Waals surface area (Å²) in [5.74, 6) is 1.31. The quantitative estimate of drug-likeness (QED) is 0.789. The first-order chi connectivity index (χ1) is 9.60. The van der Waals surface area contributed by atoms with Crippen molar-refractivity contribution in [3.05, 3.63) is 35.7 Å². The summed E-state index contributed by atoms with van der Waals surface area (Å²) in [5.41, 5.74) is 1.18. The number of nitrogens with zero attached hydrogens (tertiary/aromatic N) is 2. The molecule has 0 radical (unpaired) electrons. The van der Waals surface area contributed by atoms with Gasteiger partial charge in [0, 0.05) is 18.2 Å². The molecule has 5 nitrogen and oxygen atoms in total. The molecule has 0 aliphatic heterocycles. The molecule has 0 bridgehead atoms. The highest BCUT2D eigenvalue weighted by molar-refractivity contribution is 7.98. The van der Waals surface area contributed by atoms with E-state index < -0.39 is 0 Å². The second-order valence-electron chi connectivity index (χ2n) is 4.38. The predicted octanol–water partition coefficient (Wildman–Crippen LogP) is 2.95. The first kappa shape index (κ1) is 14.6. The molecule has 0 amide bonds. The minimum Gasteiger partial charge on any atom is -0.458 e. The SMILES string of the molecule is CSC[C@H](C)OC(=O)c1cccc(-c2nnc(C)o2)c1. The lowest BCUT2D eigenvalue weighted by Gasteiger charge is -2.11. The van der Waals surface area contributed by atoms with Crippen LogP contribution in [0.25, 0.3) is 11.5 Å². The number of carbonyl (C=O) groups excluding carboxylic acids is 1. The van der Waals surface area contributed by atoms with Crippen molar-refractivity contribution < 1.29 is 13.9 Å². The van der Waals surface area contributed by atoms with Crippen LogP contribution in [0.15, 0.2) is 28.7 Å². The molecule has 0 spiro atoms. The Hall–Kier alpha value is -1.82. The minimum atomic E-state index is -0.343. The zero-order chi connectivity index (χ0) is 14.5. The molecule has 0 aliphatic rings. The smallest absolute Gasteiger partial charge is 0.338 e. The third-order valence-corrected chi connectivity index (χ3v) is 3.38. The number of ether oxygens (including phenoxy) is 1. The van der Waals surface area contributed by atoms with Crippen LogP contribution in [-0.4, -0.2) is 34.3 Å². The minimum absolute atomic E-state index is 0.119. The monoisotopic (exact) mass is 292 g/mol. The van der Waals surface area contributed by atoms with E-state index in [-0.39, 0.29) is 12.1 Å². The van der Waals surface area contributed by atoms with Crippen molar-refractivity contribution in [3.63, 3.8) is 0 Å². The molecule has 1 heterocycles. The fraction of sp³-hybridized carbons (Fsp3) is 0.357. The number of rotatable bonds is 5. The van der Waals surface area contributed by atoms with Crippen molar-refractivity contribution in [2.24, 2.45) is 0 Å². The van der Waals surface area contributed by atoms with Crippen molar-refractivity contribution >= 4 is 17.7 Å². The molecule has 2 aromatic rings. The van der Waals surface area contributed by atoms with Crippen LogP contribution in [0, 0.1) is 6.92 Å². The molecule has 1 aromatic heterocycles. The van der Waals surface area contributed by atoms with Gasteiger partial charge in [-0.1, -0.05) is 6.07 Å². The van der Waals surface area contributed by atoms with Gasteiger partial charge >= 0.3 is 5.97 Å². The molecule has 106 valence electrons. The average molecular weight is 292 g/mol. The summed E-state index contributed by atoms with van der Waals surface area (Å²) in [6.07, 6.45) is 1.86. The molecule has 0 saturated carbocycles. The molecule has 0 N–H and O–H groups in total. The highest BCUT2D eigenvalue weighted by Gasteiger charge is 2.14. The van der Waals surface area contributed by atoms with Gasteiger partial charge in [-0.15, -0.1) is 10.2 Å². The molecule has 0 fully saturated rings. The number of aryl methyl sites for hydroxylation is 1. The van der Waals surface area contributed by atoms with E-state index in [1.807, 2.05) is 19.2 Å². The van der Waals surface area contributed by atoms with Crippen LogP contribution in [0.4, 0.5) is 0 Å². The van der Waals surface area contributed by atoms with Gasteiger partial charge in [0.05, 0.1) is 5.56 Å².